The number of hydrogen-bond acceptors (Lipinski definition) is 2. The highest BCUT2D eigenvalue weighted by atomic mass is 16.5. The first kappa shape index (κ1) is 17.3. The Kier molecular flexibility index (Phi) is 5.59. The summed E-state index contributed by atoms with van der Waals surface area (Å²) in [5.41, 5.74) is 3.68. The quantitative estimate of drug-likeness (QED) is 0.844. The Bertz CT molecular complexity index is 729. The van der Waals surface area contributed by atoms with Gasteiger partial charge in [-0.15, -0.1) is 0 Å². The van der Waals surface area contributed by atoms with Gasteiger partial charge in [-0.2, -0.15) is 0 Å². The van der Waals surface area contributed by atoms with Crippen LogP contribution in [0.2, 0.25) is 0 Å². The molecule has 2 aromatic rings. The zero-order chi connectivity index (χ0) is 17.6. The molecule has 4 heteroatoms. The van der Waals surface area contributed by atoms with Crippen molar-refractivity contribution >= 4 is 6.03 Å². The molecule has 1 unspecified atom stereocenters. The number of amides is 2. The van der Waals surface area contributed by atoms with Crippen molar-refractivity contribution in [1.82, 2.24) is 10.2 Å². The van der Waals surface area contributed by atoms with Crippen LogP contribution in [0.4, 0.5) is 4.79 Å². The molecule has 1 aliphatic rings. The zero-order valence-corrected chi connectivity index (χ0v) is 15.0. The fourth-order valence-corrected chi connectivity index (χ4v) is 3.45. The number of urea groups is 1. The Morgan fingerprint density at radius 3 is 2.88 bits per heavy atom. The molecule has 0 heterocycles. The fourth-order valence-electron chi connectivity index (χ4n) is 3.45. The lowest BCUT2D eigenvalue weighted by atomic mass is 9.99. The molecule has 2 amide bonds. The minimum atomic E-state index is -0.0375. The maximum Gasteiger partial charge on any atom is 0.317 e. The number of nitrogens with one attached hydrogen (secondary N) is 1. The van der Waals surface area contributed by atoms with E-state index in [4.69, 9.17) is 4.74 Å². The third kappa shape index (κ3) is 4.32. The summed E-state index contributed by atoms with van der Waals surface area (Å²) in [5, 5.41) is 3.22. The Labute approximate surface area is 149 Å². The predicted molar refractivity (Wildman–Crippen MR) is 99.7 cm³/mol. The molecule has 4 nitrogen and oxygen atoms in total. The minimum Gasteiger partial charge on any atom is -0.497 e. The van der Waals surface area contributed by atoms with Crippen molar-refractivity contribution in [3.8, 4) is 5.75 Å². The van der Waals surface area contributed by atoms with Crippen LogP contribution in [-0.4, -0.2) is 25.1 Å². The zero-order valence-electron chi connectivity index (χ0n) is 15.0. The molecule has 25 heavy (non-hydrogen) atoms. The van der Waals surface area contributed by atoms with E-state index in [1.54, 1.807) is 12.0 Å². The van der Waals surface area contributed by atoms with Gasteiger partial charge in [0.05, 0.1) is 13.2 Å². The van der Waals surface area contributed by atoms with E-state index in [-0.39, 0.29) is 12.1 Å². The topological polar surface area (TPSA) is 41.6 Å². The first-order valence-corrected chi connectivity index (χ1v) is 8.89. The van der Waals surface area contributed by atoms with Crippen LogP contribution in [0.25, 0.3) is 0 Å². The number of ether oxygens (including phenoxy) is 1. The monoisotopic (exact) mass is 338 g/mol. The summed E-state index contributed by atoms with van der Waals surface area (Å²) in [5.74, 6) is 0.809. The normalized spacial score (nSPS) is 16.5. The summed E-state index contributed by atoms with van der Waals surface area (Å²) in [6, 6.07) is 16.4. The van der Waals surface area contributed by atoms with Crippen molar-refractivity contribution in [2.24, 2.45) is 0 Å². The molecular weight excluding hydrogens is 312 g/mol. The summed E-state index contributed by atoms with van der Waals surface area (Å²) in [6.45, 7) is 0.553. The van der Waals surface area contributed by atoms with Gasteiger partial charge in [-0.1, -0.05) is 42.8 Å². The smallest absolute Gasteiger partial charge is 0.317 e. The Balaban J connectivity index is 1.67. The van der Waals surface area contributed by atoms with Gasteiger partial charge in [0.1, 0.15) is 5.75 Å². The third-order valence-electron chi connectivity index (χ3n) is 4.82. The van der Waals surface area contributed by atoms with E-state index in [9.17, 15) is 4.79 Å². The summed E-state index contributed by atoms with van der Waals surface area (Å²) in [7, 11) is 3.48. The highest BCUT2D eigenvalue weighted by Gasteiger charge is 2.21. The fraction of sp³-hybridized carbons (Fsp3) is 0.381. The van der Waals surface area contributed by atoms with Gasteiger partial charge in [0, 0.05) is 13.6 Å². The van der Waals surface area contributed by atoms with Crippen LogP contribution in [0.1, 0.15) is 42.0 Å². The summed E-state index contributed by atoms with van der Waals surface area (Å²) < 4.78 is 5.25. The Hall–Kier alpha value is -2.49. The molecule has 0 saturated heterocycles. The summed E-state index contributed by atoms with van der Waals surface area (Å²) >= 11 is 0. The lowest BCUT2D eigenvalue weighted by Crippen LogP contribution is -2.39. The number of carbonyl (C=O) groups is 1. The van der Waals surface area contributed by atoms with E-state index in [2.05, 4.69) is 29.6 Å². The van der Waals surface area contributed by atoms with Gasteiger partial charge in [0.2, 0.25) is 0 Å². The molecule has 3 rings (SSSR count). The van der Waals surface area contributed by atoms with Crippen LogP contribution < -0.4 is 10.1 Å². The highest BCUT2D eigenvalue weighted by Crippen LogP contribution is 2.28. The standard InChI is InChI=1S/C21H26N2O2/c1-23(15-16-8-7-11-18(14-16)25-2)21(24)22-20-13-6-4-10-17-9-3-5-12-19(17)20/h3,5,7-9,11-12,14,20H,4,6,10,13,15H2,1-2H3,(H,22,24). The van der Waals surface area contributed by atoms with Crippen LogP contribution in [-0.2, 0) is 13.0 Å². The van der Waals surface area contributed by atoms with Gasteiger partial charge in [-0.25, -0.2) is 4.79 Å². The lowest BCUT2D eigenvalue weighted by molar-refractivity contribution is 0.202. The maximum atomic E-state index is 12.7. The molecule has 0 radical (unpaired) electrons. The first-order chi connectivity index (χ1) is 12.2. The van der Waals surface area contributed by atoms with Crippen molar-refractivity contribution in [2.75, 3.05) is 14.2 Å². The van der Waals surface area contributed by atoms with Gasteiger partial charge >= 0.3 is 6.03 Å². The Morgan fingerprint density at radius 2 is 2.04 bits per heavy atom. The van der Waals surface area contributed by atoms with Gasteiger partial charge in [-0.05, 0) is 48.1 Å². The van der Waals surface area contributed by atoms with E-state index >= 15 is 0 Å². The molecule has 2 aromatic carbocycles. The molecule has 0 aromatic heterocycles. The molecule has 0 bridgehead atoms. The van der Waals surface area contributed by atoms with Crippen LogP contribution >= 0.6 is 0 Å². The van der Waals surface area contributed by atoms with Crippen molar-refractivity contribution in [1.29, 1.82) is 0 Å². The Morgan fingerprint density at radius 1 is 1.20 bits per heavy atom. The maximum absolute atomic E-state index is 12.7. The van der Waals surface area contributed by atoms with E-state index < -0.39 is 0 Å². The van der Waals surface area contributed by atoms with Crippen LogP contribution in [0.15, 0.2) is 48.5 Å². The molecule has 132 valence electrons. The second kappa shape index (κ2) is 8.06. The van der Waals surface area contributed by atoms with Gasteiger partial charge in [0.15, 0.2) is 0 Å². The number of rotatable bonds is 4. The third-order valence-corrected chi connectivity index (χ3v) is 4.82. The molecule has 0 spiro atoms. The highest BCUT2D eigenvalue weighted by molar-refractivity contribution is 5.74. The van der Waals surface area contributed by atoms with Crippen molar-refractivity contribution in [3.63, 3.8) is 0 Å². The SMILES string of the molecule is COc1cccc(CN(C)C(=O)NC2CCCCc3ccccc32)c1. The van der Waals surface area contributed by atoms with Crippen molar-refractivity contribution in [2.45, 2.75) is 38.3 Å². The molecular formula is C21H26N2O2. The molecule has 1 N–H and O–H groups in total. The number of fused-ring (bicyclic) bond motifs is 1. The van der Waals surface area contributed by atoms with Crippen molar-refractivity contribution < 1.29 is 9.53 Å². The van der Waals surface area contributed by atoms with Gasteiger partial charge in [0.25, 0.3) is 0 Å². The number of aryl methyl sites for hydroxylation is 1. The molecule has 0 fully saturated rings. The number of benzene rings is 2. The average Bonchev–Trinajstić information content (AvgIpc) is 2.84. The number of carbonyl (C=O) groups excluding carboxylic acids is 1. The van der Waals surface area contributed by atoms with Gasteiger partial charge < -0.3 is 15.0 Å². The summed E-state index contributed by atoms with van der Waals surface area (Å²) in [6.07, 6.45) is 4.42. The van der Waals surface area contributed by atoms with Crippen LogP contribution in [0, 0.1) is 0 Å². The molecule has 1 atom stereocenters. The number of methoxy groups -OCH3 is 1. The minimum absolute atomic E-state index is 0.0375. The second-order valence-corrected chi connectivity index (χ2v) is 6.65. The van der Waals surface area contributed by atoms with E-state index in [1.165, 1.54) is 17.5 Å². The van der Waals surface area contributed by atoms with Crippen LogP contribution in [0.3, 0.4) is 0 Å². The van der Waals surface area contributed by atoms with Crippen LogP contribution in [0.5, 0.6) is 5.75 Å². The predicted octanol–water partition coefficient (Wildman–Crippen LogP) is 4.30. The van der Waals surface area contributed by atoms with Crippen molar-refractivity contribution in [3.05, 3.63) is 65.2 Å². The molecule has 0 saturated carbocycles. The number of nitrogens with zero attached hydrogens (tertiary/aromatic N) is 1. The van der Waals surface area contributed by atoms with Gasteiger partial charge in [-0.3, -0.25) is 0 Å². The van der Waals surface area contributed by atoms with E-state index in [1.807, 2.05) is 31.3 Å². The summed E-state index contributed by atoms with van der Waals surface area (Å²) in [4.78, 5) is 14.4. The molecule has 0 aliphatic heterocycles. The second-order valence-electron chi connectivity index (χ2n) is 6.65. The lowest BCUT2D eigenvalue weighted by Gasteiger charge is -2.24. The molecule has 1 aliphatic carbocycles. The van der Waals surface area contributed by atoms with E-state index in [0.29, 0.717) is 6.54 Å². The van der Waals surface area contributed by atoms with E-state index in [0.717, 1.165) is 30.6 Å². The average molecular weight is 338 g/mol. The first-order valence-electron chi connectivity index (χ1n) is 8.89. The largest absolute Gasteiger partial charge is 0.497 e. The number of hydrogen-bond donors (Lipinski definition) is 1.